The number of aryl methyl sites for hydroxylation is 1. The van der Waals surface area contributed by atoms with Crippen molar-refractivity contribution in [1.82, 2.24) is 10.3 Å². The molecule has 37 heavy (non-hydrogen) atoms. The van der Waals surface area contributed by atoms with Gasteiger partial charge in [-0.1, -0.05) is 38.3 Å². The van der Waals surface area contributed by atoms with E-state index < -0.39 is 0 Å². The molecule has 1 aliphatic carbocycles. The van der Waals surface area contributed by atoms with E-state index in [2.05, 4.69) is 30.2 Å². The van der Waals surface area contributed by atoms with Crippen LogP contribution in [-0.4, -0.2) is 62.5 Å². The third kappa shape index (κ3) is 12.3. The number of phenolic OH excluding ortho intramolecular Hbond substituents is 1. The molecule has 1 heterocycles. The van der Waals surface area contributed by atoms with Gasteiger partial charge in [0.25, 0.3) is 0 Å². The molecule has 1 aliphatic rings. The number of phenols is 1. The molecule has 0 radical (unpaired) electrons. The molecule has 1 fully saturated rings. The van der Waals surface area contributed by atoms with E-state index in [4.69, 9.17) is 31.3 Å². The Bertz CT molecular complexity index is 890. The van der Waals surface area contributed by atoms with Crippen molar-refractivity contribution in [3.8, 4) is 11.5 Å². The van der Waals surface area contributed by atoms with Crippen molar-refractivity contribution >= 4 is 17.9 Å². The van der Waals surface area contributed by atoms with Crippen LogP contribution >= 0.6 is 11.6 Å². The van der Waals surface area contributed by atoms with Gasteiger partial charge in [0, 0.05) is 36.5 Å². The summed E-state index contributed by atoms with van der Waals surface area (Å²) in [7, 11) is 5.41. The average Bonchev–Trinajstić information content (AvgIpc) is 2.92. The molecule has 8 heteroatoms. The number of carbonyl (C=O) groups excluding carboxylic acids is 1. The number of aromatic nitrogens is 1. The molecule has 1 aromatic carbocycles. The average molecular weight is 537 g/mol. The van der Waals surface area contributed by atoms with Gasteiger partial charge in [-0.15, -0.1) is 0 Å². The van der Waals surface area contributed by atoms with Crippen molar-refractivity contribution in [2.24, 2.45) is 11.8 Å². The molecule has 0 bridgehead atoms. The molecule has 1 saturated carbocycles. The fraction of sp³-hybridized carbons (Fsp3) is 0.586. The summed E-state index contributed by atoms with van der Waals surface area (Å²) >= 11 is 5.48. The third-order valence-corrected chi connectivity index (χ3v) is 6.89. The van der Waals surface area contributed by atoms with Crippen LogP contribution in [0.3, 0.4) is 0 Å². The maximum absolute atomic E-state index is 10.1. The summed E-state index contributed by atoms with van der Waals surface area (Å²) in [6.07, 6.45) is 9.78. The molecule has 0 amide bonds. The van der Waals surface area contributed by atoms with E-state index in [0.717, 1.165) is 36.1 Å². The van der Waals surface area contributed by atoms with Crippen molar-refractivity contribution in [1.29, 1.82) is 0 Å². The maximum Gasteiger partial charge on any atom is 0.150 e. The maximum atomic E-state index is 10.1. The predicted octanol–water partition coefficient (Wildman–Crippen LogP) is 5.66. The predicted molar refractivity (Wildman–Crippen MR) is 150 cm³/mol. The molecule has 208 valence electrons. The lowest BCUT2D eigenvalue weighted by atomic mass is 9.81. The first kappa shape index (κ1) is 32.8. The molecule has 0 unspecified atom stereocenters. The number of rotatable bonds is 10. The van der Waals surface area contributed by atoms with Gasteiger partial charge in [-0.25, -0.2) is 0 Å². The zero-order valence-corrected chi connectivity index (χ0v) is 23.8. The number of aldehydes is 1. The van der Waals surface area contributed by atoms with Crippen LogP contribution in [0.25, 0.3) is 0 Å². The van der Waals surface area contributed by atoms with Gasteiger partial charge < -0.3 is 25.0 Å². The number of aromatic hydroxyl groups is 1. The van der Waals surface area contributed by atoms with Crippen LogP contribution < -0.4 is 10.1 Å². The minimum atomic E-state index is -0.00716. The SMILES string of the molecule is CCc1cc([C@@H](C)COC)c(OC)cn1.CNCC1CCC(CCO)CC1.O=Cc1ccc(O)c(Cl)c1. The fourth-order valence-corrected chi connectivity index (χ4v) is 4.57. The standard InChI is InChI=1S/C12H19NO2.C10H21NO.C7H5ClO2/c1-5-10-6-11(9(2)8-14-3)12(15-4)7-13-10;1-11-8-10-4-2-9(3-5-10)6-7-12;8-6-3-5(4-9)1-2-7(6)10/h6-7,9H,5,8H2,1-4H3;9-12H,2-8H2,1H3;1-4,10H/t9-;;/m0../s1. The van der Waals surface area contributed by atoms with Crippen molar-refractivity contribution < 1.29 is 24.5 Å². The number of aliphatic hydroxyl groups excluding tert-OH is 1. The van der Waals surface area contributed by atoms with E-state index in [1.165, 1.54) is 56.0 Å². The Balaban J connectivity index is 0.000000283. The molecule has 1 atom stereocenters. The number of carbonyl (C=O) groups is 1. The largest absolute Gasteiger partial charge is 0.506 e. The van der Waals surface area contributed by atoms with Gasteiger partial charge >= 0.3 is 0 Å². The number of halogens is 1. The number of ether oxygens (including phenoxy) is 2. The van der Waals surface area contributed by atoms with Crippen LogP contribution in [-0.2, 0) is 11.2 Å². The van der Waals surface area contributed by atoms with Crippen molar-refractivity contribution in [3.05, 3.63) is 52.3 Å². The Morgan fingerprint density at radius 3 is 2.38 bits per heavy atom. The van der Waals surface area contributed by atoms with Crippen LogP contribution in [0, 0.1) is 11.8 Å². The normalized spacial score (nSPS) is 17.5. The van der Waals surface area contributed by atoms with E-state index >= 15 is 0 Å². The molecule has 1 aromatic heterocycles. The summed E-state index contributed by atoms with van der Waals surface area (Å²) in [6.45, 7) is 6.47. The van der Waals surface area contributed by atoms with Gasteiger partial charge in [-0.05, 0) is 75.4 Å². The molecular weight excluding hydrogens is 492 g/mol. The monoisotopic (exact) mass is 536 g/mol. The molecule has 7 nitrogen and oxygen atoms in total. The second-order valence-electron chi connectivity index (χ2n) is 9.41. The number of hydrogen-bond donors (Lipinski definition) is 3. The zero-order chi connectivity index (χ0) is 27.6. The van der Waals surface area contributed by atoms with Crippen molar-refractivity contribution in [2.75, 3.05) is 41.0 Å². The summed E-state index contributed by atoms with van der Waals surface area (Å²) < 4.78 is 10.4. The molecule has 3 rings (SSSR count). The first-order valence-corrected chi connectivity index (χ1v) is 13.4. The number of benzene rings is 1. The summed E-state index contributed by atoms with van der Waals surface area (Å²) in [5, 5.41) is 21.1. The highest BCUT2D eigenvalue weighted by atomic mass is 35.5. The van der Waals surface area contributed by atoms with Gasteiger partial charge in [0.05, 0.1) is 24.9 Å². The number of aliphatic hydroxyl groups is 1. The lowest BCUT2D eigenvalue weighted by molar-refractivity contribution is 0.112. The summed E-state index contributed by atoms with van der Waals surface area (Å²) in [5.74, 6) is 2.87. The Morgan fingerprint density at radius 2 is 1.86 bits per heavy atom. The third-order valence-electron chi connectivity index (χ3n) is 6.59. The van der Waals surface area contributed by atoms with E-state index in [1.54, 1.807) is 20.4 Å². The summed E-state index contributed by atoms with van der Waals surface area (Å²) in [5.41, 5.74) is 2.72. The first-order valence-electron chi connectivity index (χ1n) is 13.0. The number of hydrogen-bond acceptors (Lipinski definition) is 7. The van der Waals surface area contributed by atoms with Gasteiger partial charge in [0.1, 0.15) is 17.8 Å². The molecule has 0 spiro atoms. The second-order valence-corrected chi connectivity index (χ2v) is 9.82. The number of methoxy groups -OCH3 is 2. The van der Waals surface area contributed by atoms with E-state index in [9.17, 15) is 4.79 Å². The number of pyridine rings is 1. The molecule has 0 saturated heterocycles. The Hall–Kier alpha value is -2.19. The molecule has 2 aromatic rings. The van der Waals surface area contributed by atoms with Crippen LogP contribution in [0.15, 0.2) is 30.5 Å². The second kappa shape index (κ2) is 19.0. The van der Waals surface area contributed by atoms with Crippen LogP contribution in [0.1, 0.15) is 73.5 Å². The summed E-state index contributed by atoms with van der Waals surface area (Å²) in [4.78, 5) is 14.4. The highest BCUT2D eigenvalue weighted by Crippen LogP contribution is 2.30. The van der Waals surface area contributed by atoms with Crippen LogP contribution in [0.4, 0.5) is 0 Å². The van der Waals surface area contributed by atoms with Crippen molar-refractivity contribution in [3.63, 3.8) is 0 Å². The minimum absolute atomic E-state index is 0.00716. The topological polar surface area (TPSA) is 101 Å². The van der Waals surface area contributed by atoms with Gasteiger partial charge in [-0.3, -0.25) is 9.78 Å². The Kier molecular flexibility index (Phi) is 16.8. The lowest BCUT2D eigenvalue weighted by Crippen LogP contribution is -2.24. The Morgan fingerprint density at radius 1 is 1.19 bits per heavy atom. The quantitative estimate of drug-likeness (QED) is 0.337. The van der Waals surface area contributed by atoms with Crippen molar-refractivity contribution in [2.45, 2.75) is 58.3 Å². The van der Waals surface area contributed by atoms with Crippen LogP contribution in [0.5, 0.6) is 11.5 Å². The fourth-order valence-electron chi connectivity index (χ4n) is 4.38. The zero-order valence-electron chi connectivity index (χ0n) is 23.0. The highest BCUT2D eigenvalue weighted by molar-refractivity contribution is 6.32. The highest BCUT2D eigenvalue weighted by Gasteiger charge is 2.19. The first-order chi connectivity index (χ1) is 17.8. The smallest absolute Gasteiger partial charge is 0.150 e. The number of nitrogens with one attached hydrogen (secondary N) is 1. The number of nitrogens with zero attached hydrogens (tertiary/aromatic N) is 1. The van der Waals surface area contributed by atoms with E-state index in [1.807, 2.05) is 7.05 Å². The van der Waals surface area contributed by atoms with Gasteiger partial charge in [0.15, 0.2) is 0 Å². The molecular formula is C29H45ClN2O5. The van der Waals surface area contributed by atoms with Gasteiger partial charge in [-0.2, -0.15) is 0 Å². The minimum Gasteiger partial charge on any atom is -0.506 e. The van der Waals surface area contributed by atoms with E-state index in [0.29, 0.717) is 31.0 Å². The lowest BCUT2D eigenvalue weighted by Gasteiger charge is -2.27. The summed E-state index contributed by atoms with van der Waals surface area (Å²) in [6, 6.07) is 6.38. The molecule has 3 N–H and O–H groups in total. The van der Waals surface area contributed by atoms with Crippen LogP contribution in [0.2, 0.25) is 5.02 Å². The Labute approximate surface area is 227 Å². The van der Waals surface area contributed by atoms with Gasteiger partial charge in [0.2, 0.25) is 0 Å². The molecule has 0 aliphatic heterocycles. The van der Waals surface area contributed by atoms with E-state index in [-0.39, 0.29) is 10.8 Å².